The molecule has 0 spiro atoms. The summed E-state index contributed by atoms with van der Waals surface area (Å²) in [6, 6.07) is 0.734. The highest BCUT2D eigenvalue weighted by Gasteiger charge is 2.29. The van der Waals surface area contributed by atoms with Crippen LogP contribution in [0.2, 0.25) is 0 Å². The number of piperidine rings is 2. The average Bonchev–Trinajstić information content (AvgIpc) is 3.46. The molecular formula is C22H36N6O2S. The predicted molar refractivity (Wildman–Crippen MR) is 124 cm³/mol. The zero-order valence-electron chi connectivity index (χ0n) is 18.7. The first kappa shape index (κ1) is 22.5. The van der Waals surface area contributed by atoms with E-state index in [4.69, 9.17) is 0 Å². The minimum absolute atomic E-state index is 0.0854. The topological polar surface area (TPSA) is 81.7 Å². The Kier molecular flexibility index (Phi) is 7.76. The molecule has 1 N–H and O–H groups in total. The molecule has 9 heteroatoms. The van der Waals surface area contributed by atoms with Crippen LogP contribution in [0.5, 0.6) is 0 Å². The molecule has 3 aliphatic rings. The summed E-state index contributed by atoms with van der Waals surface area (Å²) < 4.78 is 0. The number of carbonyl (C=O) groups excluding carboxylic acids is 2. The first-order chi connectivity index (χ1) is 15.2. The van der Waals surface area contributed by atoms with Crippen LogP contribution in [0.1, 0.15) is 64.7 Å². The van der Waals surface area contributed by atoms with E-state index in [-0.39, 0.29) is 17.7 Å². The van der Waals surface area contributed by atoms with Gasteiger partial charge in [0.25, 0.3) is 0 Å². The zero-order valence-corrected chi connectivity index (χ0v) is 19.5. The van der Waals surface area contributed by atoms with Gasteiger partial charge in [-0.25, -0.2) is 0 Å². The van der Waals surface area contributed by atoms with Gasteiger partial charge >= 0.3 is 0 Å². The van der Waals surface area contributed by atoms with Crippen molar-refractivity contribution in [1.29, 1.82) is 0 Å². The highest BCUT2D eigenvalue weighted by Crippen LogP contribution is 2.32. The van der Waals surface area contributed by atoms with Crippen molar-refractivity contribution >= 4 is 33.4 Å². The van der Waals surface area contributed by atoms with E-state index in [0.29, 0.717) is 11.6 Å². The number of hydrogen-bond acceptors (Lipinski definition) is 7. The molecule has 2 amide bonds. The second-order valence-electron chi connectivity index (χ2n) is 9.02. The molecule has 172 valence electrons. The minimum atomic E-state index is 0.0854. The van der Waals surface area contributed by atoms with Crippen molar-refractivity contribution in [2.45, 2.75) is 70.8 Å². The normalized spacial score (nSPS) is 23.5. The quantitative estimate of drug-likeness (QED) is 0.616. The van der Waals surface area contributed by atoms with Gasteiger partial charge in [0.1, 0.15) is 0 Å². The molecule has 4 heterocycles. The Hall–Kier alpha value is -1.74. The smallest absolute Gasteiger partial charge is 0.228 e. The Bertz CT molecular complexity index is 748. The van der Waals surface area contributed by atoms with Crippen LogP contribution in [-0.4, -0.2) is 72.2 Å². The lowest BCUT2D eigenvalue weighted by Gasteiger charge is -2.35. The van der Waals surface area contributed by atoms with Crippen LogP contribution in [0.15, 0.2) is 0 Å². The number of anilines is 2. The van der Waals surface area contributed by atoms with E-state index in [1.165, 1.54) is 43.6 Å². The molecule has 0 bridgehead atoms. The zero-order chi connectivity index (χ0) is 21.6. The lowest BCUT2D eigenvalue weighted by atomic mass is 9.96. The van der Waals surface area contributed by atoms with E-state index in [1.807, 2.05) is 0 Å². The van der Waals surface area contributed by atoms with Gasteiger partial charge in [-0.1, -0.05) is 24.7 Å². The third kappa shape index (κ3) is 5.55. The Labute approximate surface area is 189 Å². The maximum atomic E-state index is 12.6. The molecular weight excluding hydrogens is 412 g/mol. The first-order valence-electron chi connectivity index (χ1n) is 12.1. The van der Waals surface area contributed by atoms with E-state index in [1.54, 1.807) is 4.90 Å². The molecule has 1 aromatic rings. The summed E-state index contributed by atoms with van der Waals surface area (Å²) in [6.07, 6.45) is 9.44. The summed E-state index contributed by atoms with van der Waals surface area (Å²) in [7, 11) is 0. The molecule has 0 radical (unpaired) electrons. The SMILES string of the molecule is CC[C@@H]1CCCCN1CCCNC(=O)C1CCN(c2nnc(N3CCCC3=O)s2)CC1. The van der Waals surface area contributed by atoms with Gasteiger partial charge in [-0.3, -0.25) is 14.5 Å². The fourth-order valence-corrected chi connectivity index (χ4v) is 6.02. The summed E-state index contributed by atoms with van der Waals surface area (Å²) >= 11 is 1.49. The average molecular weight is 449 g/mol. The summed E-state index contributed by atoms with van der Waals surface area (Å²) in [4.78, 5) is 31.1. The fourth-order valence-electron chi connectivity index (χ4n) is 5.08. The molecule has 0 saturated carbocycles. The summed E-state index contributed by atoms with van der Waals surface area (Å²) in [5.74, 6) is 0.428. The van der Waals surface area contributed by atoms with Crippen LogP contribution < -0.4 is 15.1 Å². The number of amides is 2. The van der Waals surface area contributed by atoms with Crippen molar-refractivity contribution in [2.75, 3.05) is 49.1 Å². The highest BCUT2D eigenvalue weighted by molar-refractivity contribution is 7.19. The number of aromatic nitrogens is 2. The van der Waals surface area contributed by atoms with Crippen molar-refractivity contribution < 1.29 is 9.59 Å². The van der Waals surface area contributed by atoms with E-state index in [0.717, 1.165) is 69.6 Å². The van der Waals surface area contributed by atoms with Crippen LogP contribution in [0.4, 0.5) is 10.3 Å². The Balaban J connectivity index is 1.16. The number of nitrogens with one attached hydrogen (secondary N) is 1. The maximum absolute atomic E-state index is 12.6. The maximum Gasteiger partial charge on any atom is 0.228 e. The van der Waals surface area contributed by atoms with Crippen molar-refractivity contribution in [3.8, 4) is 0 Å². The van der Waals surface area contributed by atoms with Crippen LogP contribution in [-0.2, 0) is 9.59 Å². The van der Waals surface area contributed by atoms with Crippen molar-refractivity contribution in [3.63, 3.8) is 0 Å². The molecule has 3 aliphatic heterocycles. The third-order valence-corrected chi connectivity index (χ3v) is 7.99. The van der Waals surface area contributed by atoms with E-state index >= 15 is 0 Å². The van der Waals surface area contributed by atoms with Gasteiger partial charge in [-0.15, -0.1) is 10.2 Å². The number of nitrogens with zero attached hydrogens (tertiary/aromatic N) is 5. The Morgan fingerprint density at radius 3 is 2.61 bits per heavy atom. The highest BCUT2D eigenvalue weighted by atomic mass is 32.1. The predicted octanol–water partition coefficient (Wildman–Crippen LogP) is 2.65. The standard InChI is InChI=1S/C22H36N6O2S/c1-2-18-7-3-4-12-26(18)13-6-11-23-20(30)17-9-15-27(16-10-17)21-24-25-22(31-21)28-14-5-8-19(28)29/h17-18H,2-16H2,1H3,(H,23,30)/t18-/m1/s1. The van der Waals surface area contributed by atoms with Crippen LogP contribution in [0.25, 0.3) is 0 Å². The Morgan fingerprint density at radius 2 is 1.87 bits per heavy atom. The molecule has 0 aromatic carbocycles. The molecule has 0 unspecified atom stereocenters. The lowest BCUT2D eigenvalue weighted by molar-refractivity contribution is -0.125. The summed E-state index contributed by atoms with van der Waals surface area (Å²) in [5, 5.41) is 13.3. The minimum Gasteiger partial charge on any atom is -0.356 e. The molecule has 4 rings (SSSR count). The number of likely N-dealkylation sites (tertiary alicyclic amines) is 1. The van der Waals surface area contributed by atoms with E-state index in [2.05, 4.69) is 32.2 Å². The third-order valence-electron chi connectivity index (χ3n) is 6.99. The second-order valence-corrected chi connectivity index (χ2v) is 9.95. The van der Waals surface area contributed by atoms with Gasteiger partial charge in [0.2, 0.25) is 22.1 Å². The van der Waals surface area contributed by atoms with Gasteiger partial charge in [0.05, 0.1) is 0 Å². The van der Waals surface area contributed by atoms with Crippen molar-refractivity contribution in [3.05, 3.63) is 0 Å². The largest absolute Gasteiger partial charge is 0.356 e. The molecule has 1 aromatic heterocycles. The first-order valence-corrected chi connectivity index (χ1v) is 12.9. The van der Waals surface area contributed by atoms with Crippen LogP contribution in [0, 0.1) is 5.92 Å². The van der Waals surface area contributed by atoms with E-state index in [9.17, 15) is 9.59 Å². The van der Waals surface area contributed by atoms with Gasteiger partial charge in [-0.05, 0) is 51.5 Å². The Morgan fingerprint density at radius 1 is 1.06 bits per heavy atom. The van der Waals surface area contributed by atoms with Crippen LogP contribution in [0.3, 0.4) is 0 Å². The van der Waals surface area contributed by atoms with Gasteiger partial charge in [-0.2, -0.15) is 0 Å². The molecule has 1 atom stereocenters. The lowest BCUT2D eigenvalue weighted by Crippen LogP contribution is -2.42. The number of rotatable bonds is 8. The number of hydrogen-bond donors (Lipinski definition) is 1. The molecule has 8 nitrogen and oxygen atoms in total. The summed E-state index contributed by atoms with van der Waals surface area (Å²) in [5.41, 5.74) is 0. The van der Waals surface area contributed by atoms with Gasteiger partial charge in [0.15, 0.2) is 0 Å². The molecule has 0 aliphatic carbocycles. The van der Waals surface area contributed by atoms with Crippen molar-refractivity contribution in [2.24, 2.45) is 5.92 Å². The van der Waals surface area contributed by atoms with Crippen LogP contribution >= 0.6 is 11.3 Å². The summed E-state index contributed by atoms with van der Waals surface area (Å²) in [6.45, 7) is 7.73. The second kappa shape index (κ2) is 10.7. The van der Waals surface area contributed by atoms with Gasteiger partial charge in [0, 0.05) is 51.1 Å². The van der Waals surface area contributed by atoms with E-state index < -0.39 is 0 Å². The number of carbonyl (C=O) groups is 2. The van der Waals surface area contributed by atoms with Gasteiger partial charge < -0.3 is 15.1 Å². The molecule has 3 saturated heterocycles. The fraction of sp³-hybridized carbons (Fsp3) is 0.818. The monoisotopic (exact) mass is 448 g/mol. The van der Waals surface area contributed by atoms with Crippen molar-refractivity contribution in [1.82, 2.24) is 20.4 Å². The molecule has 3 fully saturated rings. The molecule has 31 heavy (non-hydrogen) atoms.